The molecule has 1 N–H and O–H groups in total. The Balaban J connectivity index is 1.84. The third-order valence-electron chi connectivity index (χ3n) is 5.91. The van der Waals surface area contributed by atoms with Crippen LogP contribution in [0, 0.1) is 0 Å². The molecule has 0 heterocycles. The monoisotopic (exact) mass is 561 g/mol. The molecule has 0 fully saturated rings. The Morgan fingerprint density at radius 1 is 0.795 bits per heavy atom. The van der Waals surface area contributed by atoms with Crippen LogP contribution >= 0.6 is 0 Å². The summed E-state index contributed by atoms with van der Waals surface area (Å²) in [6.07, 6.45) is -9.99. The Hall–Kier alpha value is -3.34. The van der Waals surface area contributed by atoms with E-state index in [4.69, 9.17) is 4.74 Å². The minimum Gasteiger partial charge on any atom is -0.489 e. The van der Waals surface area contributed by atoms with Crippen molar-refractivity contribution in [3.63, 3.8) is 0 Å². The lowest BCUT2D eigenvalue weighted by Gasteiger charge is -2.28. The largest absolute Gasteiger partial charge is 0.489 e. The topological polar surface area (TPSA) is 32.7 Å². The summed E-state index contributed by atoms with van der Waals surface area (Å²) >= 11 is 0. The number of ether oxygens (including phenoxy) is 1. The van der Waals surface area contributed by atoms with Crippen molar-refractivity contribution < 1.29 is 45.0 Å². The molecule has 0 aliphatic heterocycles. The van der Waals surface area contributed by atoms with Crippen LogP contribution in [0.4, 0.5) is 40.8 Å². The predicted octanol–water partition coefficient (Wildman–Crippen LogP) is 8.11. The Morgan fingerprint density at radius 3 is 2.05 bits per heavy atom. The standard InChI is InChI=1S/C28H27F8NO2/c1-2-6-24(38)17-37(16-19-7-3-9-21(13-19)26(29,30)28(34,35)36)23-11-5-12-25(15-23)39-18-20-8-4-10-22(14-20)27(31,32)33/h3-5,7-15,24,38H,2,6,16-18H2,1H3. The zero-order valence-corrected chi connectivity index (χ0v) is 20.9. The van der Waals surface area contributed by atoms with E-state index in [-0.39, 0.29) is 36.6 Å². The van der Waals surface area contributed by atoms with E-state index in [1.54, 1.807) is 29.2 Å². The van der Waals surface area contributed by atoms with Gasteiger partial charge in [0.05, 0.1) is 11.7 Å². The van der Waals surface area contributed by atoms with Crippen molar-refractivity contribution >= 4 is 5.69 Å². The predicted molar refractivity (Wildman–Crippen MR) is 131 cm³/mol. The first-order valence-electron chi connectivity index (χ1n) is 12.1. The van der Waals surface area contributed by atoms with Gasteiger partial charge in [-0.3, -0.25) is 0 Å². The van der Waals surface area contributed by atoms with Gasteiger partial charge in [0.1, 0.15) is 12.4 Å². The summed E-state index contributed by atoms with van der Waals surface area (Å²) in [4.78, 5) is 1.61. The summed E-state index contributed by atoms with van der Waals surface area (Å²) in [5.74, 6) is -4.75. The number of alkyl halides is 8. The maximum Gasteiger partial charge on any atom is 0.458 e. The zero-order chi connectivity index (χ0) is 28.8. The fourth-order valence-corrected chi connectivity index (χ4v) is 3.96. The molecular formula is C28H27F8NO2. The number of halogens is 8. The molecule has 3 rings (SSSR count). The van der Waals surface area contributed by atoms with Crippen LogP contribution in [0.15, 0.2) is 72.8 Å². The molecule has 0 saturated heterocycles. The lowest BCUT2D eigenvalue weighted by Crippen LogP contribution is -2.34. The molecule has 3 aromatic rings. The summed E-state index contributed by atoms with van der Waals surface area (Å²) in [6, 6.07) is 15.0. The highest BCUT2D eigenvalue weighted by Gasteiger charge is 2.58. The molecule has 39 heavy (non-hydrogen) atoms. The quantitative estimate of drug-likeness (QED) is 0.240. The molecule has 0 radical (unpaired) electrons. The van der Waals surface area contributed by atoms with E-state index < -0.39 is 35.5 Å². The second kappa shape index (κ2) is 12.2. The molecule has 11 heteroatoms. The van der Waals surface area contributed by atoms with Gasteiger partial charge in [-0.1, -0.05) is 49.7 Å². The van der Waals surface area contributed by atoms with Crippen LogP contribution in [-0.2, 0) is 25.3 Å². The third-order valence-corrected chi connectivity index (χ3v) is 5.91. The van der Waals surface area contributed by atoms with E-state index in [0.717, 1.165) is 24.3 Å². The lowest BCUT2D eigenvalue weighted by atomic mass is 10.0. The third kappa shape index (κ3) is 8.08. The van der Waals surface area contributed by atoms with E-state index in [2.05, 4.69) is 0 Å². The maximum atomic E-state index is 13.9. The van der Waals surface area contributed by atoms with Gasteiger partial charge in [0, 0.05) is 30.4 Å². The molecule has 0 spiro atoms. The highest BCUT2D eigenvalue weighted by molar-refractivity contribution is 5.51. The molecule has 3 aromatic carbocycles. The molecule has 3 nitrogen and oxygen atoms in total. The Kier molecular flexibility index (Phi) is 9.47. The van der Waals surface area contributed by atoms with Crippen molar-refractivity contribution in [2.45, 2.75) is 57.3 Å². The molecule has 0 saturated carbocycles. The van der Waals surface area contributed by atoms with Gasteiger partial charge >= 0.3 is 18.3 Å². The maximum absolute atomic E-state index is 13.9. The highest BCUT2D eigenvalue weighted by atomic mass is 19.4. The van der Waals surface area contributed by atoms with Gasteiger partial charge in [-0.15, -0.1) is 0 Å². The average Bonchev–Trinajstić information content (AvgIpc) is 2.86. The smallest absolute Gasteiger partial charge is 0.458 e. The number of aliphatic hydroxyl groups excluding tert-OH is 1. The molecule has 0 amide bonds. The van der Waals surface area contributed by atoms with Crippen molar-refractivity contribution in [3.8, 4) is 5.75 Å². The molecule has 0 aliphatic rings. The van der Waals surface area contributed by atoms with E-state index in [9.17, 15) is 40.2 Å². The Morgan fingerprint density at radius 2 is 1.41 bits per heavy atom. The van der Waals surface area contributed by atoms with Gasteiger partial charge in [-0.2, -0.15) is 35.1 Å². The first kappa shape index (κ1) is 30.2. The zero-order valence-electron chi connectivity index (χ0n) is 20.9. The minimum absolute atomic E-state index is 0.0464. The molecule has 1 atom stereocenters. The van der Waals surface area contributed by atoms with Crippen LogP contribution in [0.2, 0.25) is 0 Å². The molecule has 1 unspecified atom stereocenters. The van der Waals surface area contributed by atoms with Crippen molar-refractivity contribution in [2.24, 2.45) is 0 Å². The summed E-state index contributed by atoms with van der Waals surface area (Å²) in [5.41, 5.74) is -1.09. The summed E-state index contributed by atoms with van der Waals surface area (Å²) in [6.45, 7) is 1.64. The van der Waals surface area contributed by atoms with Gasteiger partial charge < -0.3 is 14.7 Å². The number of nitrogens with zero attached hydrogens (tertiary/aromatic N) is 1. The van der Waals surface area contributed by atoms with E-state index in [1.165, 1.54) is 18.2 Å². The van der Waals surface area contributed by atoms with Gasteiger partial charge in [0.25, 0.3) is 0 Å². The first-order chi connectivity index (χ1) is 18.2. The highest BCUT2D eigenvalue weighted by Crippen LogP contribution is 2.44. The fourth-order valence-electron chi connectivity index (χ4n) is 3.96. The molecule has 0 aliphatic carbocycles. The number of aliphatic hydroxyl groups is 1. The van der Waals surface area contributed by atoms with E-state index >= 15 is 0 Å². The summed E-state index contributed by atoms with van der Waals surface area (Å²) < 4.78 is 111. The minimum atomic E-state index is -5.76. The van der Waals surface area contributed by atoms with Crippen LogP contribution in [0.3, 0.4) is 0 Å². The first-order valence-corrected chi connectivity index (χ1v) is 12.1. The lowest BCUT2D eigenvalue weighted by molar-refractivity contribution is -0.289. The molecule has 0 bridgehead atoms. The van der Waals surface area contributed by atoms with Crippen LogP contribution in [-0.4, -0.2) is 23.9 Å². The van der Waals surface area contributed by atoms with Crippen molar-refractivity contribution in [3.05, 3.63) is 95.1 Å². The molecule has 0 aromatic heterocycles. The summed E-state index contributed by atoms with van der Waals surface area (Å²) in [5, 5.41) is 10.4. The molecular weight excluding hydrogens is 534 g/mol. The van der Waals surface area contributed by atoms with Crippen LogP contribution in [0.5, 0.6) is 5.75 Å². The van der Waals surface area contributed by atoms with Crippen molar-refractivity contribution in [1.82, 2.24) is 0 Å². The average molecular weight is 562 g/mol. The summed E-state index contributed by atoms with van der Waals surface area (Å²) in [7, 11) is 0. The normalized spacial score (nSPS) is 13.3. The SMILES string of the molecule is CCCC(O)CN(Cc1cccc(C(F)(F)C(F)(F)F)c1)c1cccc(OCc2cccc(C(F)(F)F)c2)c1. The second-order valence-corrected chi connectivity index (χ2v) is 9.08. The second-order valence-electron chi connectivity index (χ2n) is 9.08. The van der Waals surface area contributed by atoms with E-state index in [0.29, 0.717) is 24.6 Å². The van der Waals surface area contributed by atoms with Crippen LogP contribution in [0.1, 0.15) is 42.0 Å². The van der Waals surface area contributed by atoms with Crippen LogP contribution < -0.4 is 9.64 Å². The van der Waals surface area contributed by atoms with Crippen molar-refractivity contribution in [1.29, 1.82) is 0 Å². The number of anilines is 1. The van der Waals surface area contributed by atoms with Gasteiger partial charge in [-0.25, -0.2) is 0 Å². The fraction of sp³-hybridized carbons (Fsp3) is 0.357. The number of benzene rings is 3. The van der Waals surface area contributed by atoms with Crippen LogP contribution in [0.25, 0.3) is 0 Å². The number of rotatable bonds is 11. The van der Waals surface area contributed by atoms with Gasteiger partial charge in [0.15, 0.2) is 0 Å². The van der Waals surface area contributed by atoms with Crippen molar-refractivity contribution in [2.75, 3.05) is 11.4 Å². The number of hydrogen-bond acceptors (Lipinski definition) is 3. The molecule has 212 valence electrons. The van der Waals surface area contributed by atoms with Gasteiger partial charge in [0.2, 0.25) is 0 Å². The Bertz CT molecular complexity index is 1230. The van der Waals surface area contributed by atoms with Gasteiger partial charge in [-0.05, 0) is 47.9 Å². The van der Waals surface area contributed by atoms with E-state index in [1.807, 2.05) is 6.92 Å². The number of hydrogen-bond donors (Lipinski definition) is 1. The Labute approximate surface area is 220 Å².